The molecule has 0 unspecified atom stereocenters. The Kier molecular flexibility index (Phi) is 2.24. The Labute approximate surface area is 118 Å². The average Bonchev–Trinajstić information content (AvgIpc) is 3.07. The molecule has 0 aliphatic heterocycles. The van der Waals surface area contributed by atoms with Crippen molar-refractivity contribution in [3.8, 4) is 22.7 Å². The van der Waals surface area contributed by atoms with Gasteiger partial charge >= 0.3 is 0 Å². The molecule has 0 radical (unpaired) electrons. The number of hydrogen-bond donors (Lipinski definition) is 1. The number of benzene rings is 1. The van der Waals surface area contributed by atoms with E-state index < -0.39 is 11.6 Å². The second-order valence-electron chi connectivity index (χ2n) is 4.62. The summed E-state index contributed by atoms with van der Waals surface area (Å²) in [5.41, 5.74) is 6.98. The third kappa shape index (κ3) is 1.53. The van der Waals surface area contributed by atoms with Crippen LogP contribution in [0.5, 0.6) is 0 Å². The lowest BCUT2D eigenvalue weighted by Crippen LogP contribution is -2.05. The molecule has 1 aliphatic rings. The highest BCUT2D eigenvalue weighted by Crippen LogP contribution is 2.40. The number of nitrogen functional groups attached to an aromatic ring is 1. The Morgan fingerprint density at radius 1 is 1.05 bits per heavy atom. The number of halogens is 1. The molecule has 2 N–H and O–H groups in total. The number of fused-ring (bicyclic) bond motifs is 3. The van der Waals surface area contributed by atoms with E-state index in [4.69, 9.17) is 10.2 Å². The number of aromatic nitrogens is 2. The van der Waals surface area contributed by atoms with Crippen LogP contribution in [0.2, 0.25) is 0 Å². The molecule has 3 aromatic rings. The number of carbonyl (C=O) groups excluding carboxylic acids is 1. The van der Waals surface area contributed by atoms with E-state index in [0.717, 1.165) is 0 Å². The van der Waals surface area contributed by atoms with Crippen molar-refractivity contribution in [2.45, 2.75) is 0 Å². The van der Waals surface area contributed by atoms with Gasteiger partial charge in [0.1, 0.15) is 11.5 Å². The third-order valence-electron chi connectivity index (χ3n) is 3.40. The van der Waals surface area contributed by atoms with Crippen molar-refractivity contribution in [1.82, 2.24) is 9.97 Å². The highest BCUT2D eigenvalue weighted by Gasteiger charge is 2.35. The molecule has 102 valence electrons. The number of ketones is 1. The standard InChI is InChI=1S/C15H8FN3O2/c16-8-4-1-3-7-10(8)14(20)11-12(7)18-15(17)19-13(11)9-5-2-6-21-9/h1-6H,(H2,17,18,19). The van der Waals surface area contributed by atoms with Gasteiger partial charge in [-0.05, 0) is 18.2 Å². The first-order valence-corrected chi connectivity index (χ1v) is 6.22. The molecule has 5 nitrogen and oxygen atoms in total. The van der Waals surface area contributed by atoms with Crippen molar-refractivity contribution >= 4 is 11.7 Å². The van der Waals surface area contributed by atoms with Gasteiger partial charge in [-0.1, -0.05) is 12.1 Å². The maximum absolute atomic E-state index is 14.0. The van der Waals surface area contributed by atoms with Crippen LogP contribution in [0, 0.1) is 5.82 Å². The molecule has 21 heavy (non-hydrogen) atoms. The minimum atomic E-state index is -0.584. The summed E-state index contributed by atoms with van der Waals surface area (Å²) in [4.78, 5) is 20.7. The predicted octanol–water partition coefficient (Wildman–Crippen LogP) is 2.67. The molecule has 2 heterocycles. The molecule has 0 fully saturated rings. The van der Waals surface area contributed by atoms with Crippen LogP contribution in [0.4, 0.5) is 10.3 Å². The van der Waals surface area contributed by atoms with Gasteiger partial charge in [0, 0.05) is 5.56 Å². The zero-order valence-electron chi connectivity index (χ0n) is 10.6. The van der Waals surface area contributed by atoms with E-state index in [1.807, 2.05) is 0 Å². The highest BCUT2D eigenvalue weighted by atomic mass is 19.1. The summed E-state index contributed by atoms with van der Waals surface area (Å²) in [6.45, 7) is 0. The minimum absolute atomic E-state index is 0.000191. The monoisotopic (exact) mass is 281 g/mol. The van der Waals surface area contributed by atoms with Crippen LogP contribution < -0.4 is 5.73 Å². The second kappa shape index (κ2) is 3.99. The Morgan fingerprint density at radius 2 is 1.86 bits per heavy atom. The van der Waals surface area contributed by atoms with Gasteiger partial charge in [-0.15, -0.1) is 0 Å². The number of hydrogen-bond acceptors (Lipinski definition) is 5. The summed E-state index contributed by atoms with van der Waals surface area (Å²) in [6, 6.07) is 7.75. The largest absolute Gasteiger partial charge is 0.463 e. The normalized spacial score (nSPS) is 12.3. The summed E-state index contributed by atoms with van der Waals surface area (Å²) in [7, 11) is 0. The molecule has 2 aromatic heterocycles. The van der Waals surface area contributed by atoms with E-state index >= 15 is 0 Å². The number of carbonyl (C=O) groups is 1. The molecular weight excluding hydrogens is 273 g/mol. The molecule has 0 bridgehead atoms. The van der Waals surface area contributed by atoms with Crippen LogP contribution in [0.15, 0.2) is 41.0 Å². The van der Waals surface area contributed by atoms with Crippen molar-refractivity contribution in [2.24, 2.45) is 0 Å². The molecule has 0 saturated carbocycles. The van der Waals surface area contributed by atoms with Crippen molar-refractivity contribution < 1.29 is 13.6 Å². The fourth-order valence-corrected chi connectivity index (χ4v) is 2.56. The van der Waals surface area contributed by atoms with Crippen LogP contribution in [0.1, 0.15) is 15.9 Å². The molecular formula is C15H8FN3O2. The van der Waals surface area contributed by atoms with Crippen LogP contribution in [0.3, 0.4) is 0 Å². The maximum atomic E-state index is 14.0. The second-order valence-corrected chi connectivity index (χ2v) is 4.62. The van der Waals surface area contributed by atoms with Crippen molar-refractivity contribution in [3.63, 3.8) is 0 Å². The van der Waals surface area contributed by atoms with Crippen LogP contribution in [-0.2, 0) is 0 Å². The number of nitrogens with zero attached hydrogens (tertiary/aromatic N) is 2. The van der Waals surface area contributed by atoms with E-state index in [0.29, 0.717) is 17.0 Å². The lowest BCUT2D eigenvalue weighted by Gasteiger charge is -2.04. The Bertz CT molecular complexity index is 888. The van der Waals surface area contributed by atoms with Gasteiger partial charge in [0.05, 0.1) is 23.1 Å². The Morgan fingerprint density at radius 3 is 2.62 bits per heavy atom. The van der Waals surface area contributed by atoms with E-state index in [1.165, 1.54) is 18.4 Å². The molecule has 1 aliphatic carbocycles. The van der Waals surface area contributed by atoms with Crippen molar-refractivity contribution in [1.29, 1.82) is 0 Å². The Hall–Kier alpha value is -3.02. The first kappa shape index (κ1) is 11.8. The quantitative estimate of drug-likeness (QED) is 0.580. The van der Waals surface area contributed by atoms with E-state index in [-0.39, 0.29) is 22.8 Å². The van der Waals surface area contributed by atoms with Gasteiger partial charge < -0.3 is 10.2 Å². The maximum Gasteiger partial charge on any atom is 0.221 e. The lowest BCUT2D eigenvalue weighted by atomic mass is 10.1. The Balaban J connectivity index is 2.09. The molecule has 0 amide bonds. The van der Waals surface area contributed by atoms with Gasteiger partial charge in [-0.25, -0.2) is 14.4 Å². The van der Waals surface area contributed by atoms with Crippen molar-refractivity contribution in [2.75, 3.05) is 5.73 Å². The van der Waals surface area contributed by atoms with Crippen molar-refractivity contribution in [3.05, 3.63) is 53.5 Å². The molecule has 1 aromatic carbocycles. The zero-order valence-corrected chi connectivity index (χ0v) is 10.6. The fourth-order valence-electron chi connectivity index (χ4n) is 2.56. The van der Waals surface area contributed by atoms with E-state index in [2.05, 4.69) is 9.97 Å². The van der Waals surface area contributed by atoms with Crippen LogP contribution >= 0.6 is 0 Å². The van der Waals surface area contributed by atoms with E-state index in [1.54, 1.807) is 18.2 Å². The SMILES string of the molecule is Nc1nc(-c2ccco2)c2c(n1)-c1cccc(F)c1C2=O. The first-order valence-electron chi connectivity index (χ1n) is 6.22. The van der Waals surface area contributed by atoms with Gasteiger partial charge in [0.25, 0.3) is 0 Å². The molecule has 0 atom stereocenters. The number of anilines is 1. The molecule has 0 saturated heterocycles. The van der Waals surface area contributed by atoms with Crippen LogP contribution in [-0.4, -0.2) is 15.8 Å². The van der Waals surface area contributed by atoms with Gasteiger partial charge in [-0.3, -0.25) is 4.79 Å². The molecule has 0 spiro atoms. The predicted molar refractivity (Wildman–Crippen MR) is 73.0 cm³/mol. The van der Waals surface area contributed by atoms with Gasteiger partial charge in [0.15, 0.2) is 5.76 Å². The first-order chi connectivity index (χ1) is 10.2. The number of rotatable bonds is 1. The lowest BCUT2D eigenvalue weighted by molar-refractivity contribution is 0.104. The summed E-state index contributed by atoms with van der Waals surface area (Å²) >= 11 is 0. The van der Waals surface area contributed by atoms with Gasteiger partial charge in [0.2, 0.25) is 11.7 Å². The van der Waals surface area contributed by atoms with Gasteiger partial charge in [-0.2, -0.15) is 0 Å². The summed E-state index contributed by atoms with van der Waals surface area (Å²) < 4.78 is 19.2. The molecule has 6 heteroatoms. The molecule has 4 rings (SSSR count). The minimum Gasteiger partial charge on any atom is -0.463 e. The number of furan rings is 1. The summed E-state index contributed by atoms with van der Waals surface area (Å²) in [5.74, 6) is -0.643. The van der Waals surface area contributed by atoms with E-state index in [9.17, 15) is 9.18 Å². The summed E-state index contributed by atoms with van der Waals surface area (Å²) in [6.07, 6.45) is 1.47. The topological polar surface area (TPSA) is 82.0 Å². The summed E-state index contributed by atoms with van der Waals surface area (Å²) in [5, 5.41) is 0. The zero-order chi connectivity index (χ0) is 14.6. The third-order valence-corrected chi connectivity index (χ3v) is 3.40. The highest BCUT2D eigenvalue weighted by molar-refractivity contribution is 6.23. The average molecular weight is 281 g/mol. The van der Waals surface area contributed by atoms with Crippen LogP contribution in [0.25, 0.3) is 22.7 Å². The number of nitrogens with two attached hydrogens (primary N) is 1. The fraction of sp³-hybridized carbons (Fsp3) is 0. The smallest absolute Gasteiger partial charge is 0.221 e.